The molecule has 182 valence electrons. The van der Waals surface area contributed by atoms with Crippen molar-refractivity contribution < 1.29 is 19.5 Å². The predicted octanol–water partition coefficient (Wildman–Crippen LogP) is 4.59. The number of anilines is 1. The topological polar surface area (TPSA) is 118 Å². The molecule has 0 saturated heterocycles. The van der Waals surface area contributed by atoms with Crippen LogP contribution < -0.4 is 20.9 Å². The number of pyridine rings is 1. The minimum Gasteiger partial charge on any atom is -0.497 e. The number of unbranched alkanes of at least 4 members (excludes halogenated alkanes) is 2. The first-order chi connectivity index (χ1) is 17.0. The van der Waals surface area contributed by atoms with Crippen LogP contribution in [0.2, 0.25) is 0 Å². The lowest BCUT2D eigenvalue weighted by Crippen LogP contribution is -2.30. The van der Waals surface area contributed by atoms with Crippen LogP contribution in [0.15, 0.2) is 54.6 Å². The van der Waals surface area contributed by atoms with E-state index in [0.29, 0.717) is 18.8 Å². The maximum absolute atomic E-state index is 12.6. The summed E-state index contributed by atoms with van der Waals surface area (Å²) < 4.78 is 7.42. The van der Waals surface area contributed by atoms with E-state index in [9.17, 15) is 9.59 Å². The molecule has 2 aromatic carbocycles. The van der Waals surface area contributed by atoms with Crippen molar-refractivity contribution in [2.24, 2.45) is 7.05 Å². The number of urea groups is 1. The van der Waals surface area contributed by atoms with Crippen LogP contribution in [0.1, 0.15) is 25.7 Å². The Bertz CT molecular complexity index is 1350. The molecule has 2 heterocycles. The molecule has 35 heavy (non-hydrogen) atoms. The number of aryl methyl sites for hydroxylation is 1. The van der Waals surface area contributed by atoms with Gasteiger partial charge in [0.2, 0.25) is 5.91 Å². The molecule has 3 amide bonds. The second-order valence-corrected chi connectivity index (χ2v) is 8.28. The van der Waals surface area contributed by atoms with E-state index in [-0.39, 0.29) is 12.5 Å². The van der Waals surface area contributed by atoms with Gasteiger partial charge in [-0.1, -0.05) is 24.6 Å². The molecule has 4 N–H and O–H groups in total. The molecular weight excluding hydrogens is 446 g/mol. The highest BCUT2D eigenvalue weighted by Gasteiger charge is 2.17. The normalized spacial score (nSPS) is 10.9. The average molecular weight is 476 g/mol. The van der Waals surface area contributed by atoms with E-state index in [0.717, 1.165) is 51.7 Å². The van der Waals surface area contributed by atoms with E-state index in [2.05, 4.69) is 27.3 Å². The van der Waals surface area contributed by atoms with Crippen LogP contribution in [0.5, 0.6) is 5.75 Å². The van der Waals surface area contributed by atoms with Crippen molar-refractivity contribution in [3.8, 4) is 17.0 Å². The van der Waals surface area contributed by atoms with E-state index in [1.54, 1.807) is 12.6 Å². The van der Waals surface area contributed by atoms with Gasteiger partial charge in [-0.3, -0.25) is 15.3 Å². The third-order valence-corrected chi connectivity index (χ3v) is 5.98. The number of hydrogen-bond acceptors (Lipinski definition) is 5. The Labute approximate surface area is 203 Å². The van der Waals surface area contributed by atoms with Gasteiger partial charge in [0.25, 0.3) is 0 Å². The number of hydrogen-bond donors (Lipinski definition) is 4. The average Bonchev–Trinajstić information content (AvgIpc) is 3.17. The van der Waals surface area contributed by atoms with E-state index in [4.69, 9.17) is 14.9 Å². The zero-order valence-electron chi connectivity index (χ0n) is 19.8. The van der Waals surface area contributed by atoms with Crippen LogP contribution in [-0.4, -0.2) is 40.4 Å². The highest BCUT2D eigenvalue weighted by Crippen LogP contribution is 2.36. The molecule has 0 aliphatic rings. The number of aromatic nitrogens is 2. The summed E-state index contributed by atoms with van der Waals surface area (Å²) in [4.78, 5) is 28.4. The fraction of sp³-hybridized carbons (Fsp3) is 0.269. The Morgan fingerprint density at radius 1 is 1.03 bits per heavy atom. The zero-order valence-corrected chi connectivity index (χ0v) is 19.8. The summed E-state index contributed by atoms with van der Waals surface area (Å²) >= 11 is 0. The van der Waals surface area contributed by atoms with Crippen LogP contribution in [0.4, 0.5) is 10.6 Å². The van der Waals surface area contributed by atoms with Crippen molar-refractivity contribution in [2.75, 3.05) is 19.0 Å². The van der Waals surface area contributed by atoms with E-state index in [1.165, 1.54) is 0 Å². The van der Waals surface area contributed by atoms with Crippen molar-refractivity contribution >= 4 is 39.6 Å². The Morgan fingerprint density at radius 3 is 2.54 bits per heavy atom. The lowest BCUT2D eigenvalue weighted by Gasteiger charge is -2.12. The van der Waals surface area contributed by atoms with Gasteiger partial charge in [0, 0.05) is 41.9 Å². The fourth-order valence-corrected chi connectivity index (χ4v) is 4.22. The van der Waals surface area contributed by atoms with Crippen molar-refractivity contribution in [3.05, 3.63) is 54.6 Å². The maximum Gasteiger partial charge on any atom is 0.320 e. The molecule has 0 radical (unpaired) electrons. The third-order valence-electron chi connectivity index (χ3n) is 5.98. The van der Waals surface area contributed by atoms with E-state index < -0.39 is 5.91 Å². The molecule has 0 unspecified atom stereocenters. The number of benzene rings is 2. The number of nitrogens with one attached hydrogen (secondary N) is 3. The molecule has 4 aromatic rings. The van der Waals surface area contributed by atoms with E-state index in [1.807, 2.05) is 49.5 Å². The molecule has 0 spiro atoms. The van der Waals surface area contributed by atoms with Gasteiger partial charge in [0.15, 0.2) is 0 Å². The first-order valence-corrected chi connectivity index (χ1v) is 11.5. The van der Waals surface area contributed by atoms with Crippen molar-refractivity contribution in [2.45, 2.75) is 25.7 Å². The van der Waals surface area contributed by atoms with Crippen LogP contribution in [0.25, 0.3) is 33.1 Å². The number of amides is 3. The maximum atomic E-state index is 12.6. The number of rotatable bonds is 9. The highest BCUT2D eigenvalue weighted by atomic mass is 16.5. The Morgan fingerprint density at radius 2 is 1.80 bits per heavy atom. The molecule has 0 atom stereocenters. The largest absolute Gasteiger partial charge is 0.497 e. The van der Waals surface area contributed by atoms with Gasteiger partial charge in [0.05, 0.1) is 18.3 Å². The number of para-hydroxylation sites is 1. The van der Waals surface area contributed by atoms with Crippen LogP contribution in [0, 0.1) is 0 Å². The SMILES string of the molecule is COc1ccc(-c2nc(NC(=O)NCCCCCC(=O)NO)cc3c4ccccc4n(C)c23)cc1. The zero-order chi connectivity index (χ0) is 24.8. The number of ether oxygens (including phenoxy) is 1. The molecule has 0 aliphatic heterocycles. The first-order valence-electron chi connectivity index (χ1n) is 11.5. The molecule has 9 heteroatoms. The molecule has 9 nitrogen and oxygen atoms in total. The molecule has 0 fully saturated rings. The standard InChI is InChI=1S/C26H29N5O4/c1-31-21-9-6-5-8-19(21)20-16-22(29-26(33)27-15-7-3-4-10-23(32)30-34)28-24(25(20)31)17-11-13-18(35-2)14-12-17/h5-6,8-9,11-14,16,34H,3-4,7,10,15H2,1-2H3,(H,30,32)(H2,27,28,29,33). The summed E-state index contributed by atoms with van der Waals surface area (Å²) in [7, 11) is 3.65. The molecule has 0 bridgehead atoms. The first kappa shape index (κ1) is 24.0. The Kier molecular flexibility index (Phi) is 7.47. The van der Waals surface area contributed by atoms with Crippen molar-refractivity contribution in [1.82, 2.24) is 20.3 Å². The van der Waals surface area contributed by atoms with Crippen LogP contribution in [-0.2, 0) is 11.8 Å². The van der Waals surface area contributed by atoms with Gasteiger partial charge in [-0.05, 0) is 49.2 Å². The minimum absolute atomic E-state index is 0.256. The van der Waals surface area contributed by atoms with Gasteiger partial charge in [-0.15, -0.1) is 0 Å². The fourth-order valence-electron chi connectivity index (χ4n) is 4.22. The quantitative estimate of drug-likeness (QED) is 0.160. The number of carbonyl (C=O) groups is 2. The number of carbonyl (C=O) groups excluding carboxylic acids is 2. The monoisotopic (exact) mass is 475 g/mol. The van der Waals surface area contributed by atoms with Gasteiger partial charge in [-0.25, -0.2) is 15.3 Å². The molecule has 0 saturated carbocycles. The van der Waals surface area contributed by atoms with Gasteiger partial charge in [0.1, 0.15) is 11.6 Å². The lowest BCUT2D eigenvalue weighted by atomic mass is 10.1. The third kappa shape index (κ3) is 5.36. The summed E-state index contributed by atoms with van der Waals surface area (Å²) in [6.45, 7) is 0.467. The predicted molar refractivity (Wildman–Crippen MR) is 136 cm³/mol. The van der Waals surface area contributed by atoms with Crippen LogP contribution in [0.3, 0.4) is 0 Å². The van der Waals surface area contributed by atoms with Crippen LogP contribution >= 0.6 is 0 Å². The summed E-state index contributed by atoms with van der Waals surface area (Å²) in [5.41, 5.74) is 5.35. The van der Waals surface area contributed by atoms with Gasteiger partial charge < -0.3 is 14.6 Å². The van der Waals surface area contributed by atoms with Gasteiger partial charge in [-0.2, -0.15) is 0 Å². The Hall–Kier alpha value is -4.11. The molecule has 2 aromatic heterocycles. The smallest absolute Gasteiger partial charge is 0.320 e. The second kappa shape index (κ2) is 10.9. The lowest BCUT2D eigenvalue weighted by molar-refractivity contribution is -0.129. The summed E-state index contributed by atoms with van der Waals surface area (Å²) in [5.74, 6) is 0.808. The molecular formula is C26H29N5O4. The number of nitrogens with zero attached hydrogens (tertiary/aromatic N) is 2. The van der Waals surface area contributed by atoms with Crippen molar-refractivity contribution in [3.63, 3.8) is 0 Å². The summed E-state index contributed by atoms with van der Waals surface area (Å²) in [5, 5.41) is 16.3. The summed E-state index contributed by atoms with van der Waals surface area (Å²) in [6.07, 6.45) is 2.38. The summed E-state index contributed by atoms with van der Waals surface area (Å²) in [6, 6.07) is 17.4. The number of fused-ring (bicyclic) bond motifs is 3. The number of methoxy groups -OCH3 is 1. The van der Waals surface area contributed by atoms with Gasteiger partial charge >= 0.3 is 6.03 Å². The molecule has 0 aliphatic carbocycles. The Balaban J connectivity index is 1.57. The van der Waals surface area contributed by atoms with E-state index >= 15 is 0 Å². The second-order valence-electron chi connectivity index (χ2n) is 8.28. The van der Waals surface area contributed by atoms with Crippen molar-refractivity contribution in [1.29, 1.82) is 0 Å². The highest BCUT2D eigenvalue weighted by molar-refractivity contribution is 6.13. The minimum atomic E-state index is -0.404. The molecule has 4 rings (SSSR count). The number of hydroxylamine groups is 1.